The zero-order valence-corrected chi connectivity index (χ0v) is 11.3. The first-order valence-electron chi connectivity index (χ1n) is 5.89. The van der Waals surface area contributed by atoms with E-state index in [1.165, 1.54) is 7.11 Å². The summed E-state index contributed by atoms with van der Waals surface area (Å²) in [5.41, 5.74) is 4.25. The fourth-order valence-corrected chi connectivity index (χ4v) is 1.61. The molecule has 0 bridgehead atoms. The fraction of sp³-hybridized carbons (Fsp3) is 0.417. The summed E-state index contributed by atoms with van der Waals surface area (Å²) in [6.45, 7) is 1.80. The van der Waals surface area contributed by atoms with Crippen LogP contribution in [0.3, 0.4) is 0 Å². The monoisotopic (exact) mass is 302 g/mol. The zero-order valence-electron chi connectivity index (χ0n) is 11.3. The van der Waals surface area contributed by atoms with Crippen molar-refractivity contribution in [2.75, 3.05) is 13.7 Å². The van der Waals surface area contributed by atoms with Crippen molar-refractivity contribution in [3.05, 3.63) is 29.7 Å². The normalized spacial score (nSPS) is 15.0. The third-order valence-corrected chi connectivity index (χ3v) is 2.69. The first-order chi connectivity index (χ1) is 9.74. The maximum absolute atomic E-state index is 12.4. The topological polar surface area (TPSA) is 87.1 Å². The van der Waals surface area contributed by atoms with Crippen LogP contribution in [0.1, 0.15) is 18.3 Å². The molecule has 2 aromatic heterocycles. The Morgan fingerprint density at radius 2 is 2.05 bits per heavy atom. The molecule has 0 saturated heterocycles. The van der Waals surface area contributed by atoms with Crippen molar-refractivity contribution in [3.8, 4) is 11.6 Å². The number of halogens is 3. The Bertz CT molecular complexity index is 608. The van der Waals surface area contributed by atoms with E-state index in [-0.39, 0.29) is 24.0 Å². The number of ether oxygens (including phenoxy) is 1. The highest BCUT2D eigenvalue weighted by molar-refractivity contribution is 5.46. The van der Waals surface area contributed by atoms with E-state index >= 15 is 0 Å². The number of alkyl halides is 3. The SMILES string of the molecule is COCC(C)(N)c1noc(-c2ccc(C(F)(F)F)cn2)n1. The molecule has 21 heavy (non-hydrogen) atoms. The highest BCUT2D eigenvalue weighted by atomic mass is 19.4. The Hall–Kier alpha value is -2.00. The summed E-state index contributed by atoms with van der Waals surface area (Å²) in [6.07, 6.45) is -3.74. The number of nitrogens with two attached hydrogens (primary N) is 1. The lowest BCUT2D eigenvalue weighted by Gasteiger charge is -2.18. The molecule has 9 heteroatoms. The molecule has 2 aromatic rings. The molecule has 6 nitrogen and oxygen atoms in total. The molecule has 0 amide bonds. The lowest BCUT2D eigenvalue weighted by molar-refractivity contribution is -0.137. The molecule has 0 spiro atoms. The van der Waals surface area contributed by atoms with Crippen molar-refractivity contribution < 1.29 is 22.4 Å². The van der Waals surface area contributed by atoms with Crippen LogP contribution in [0.15, 0.2) is 22.9 Å². The quantitative estimate of drug-likeness (QED) is 0.929. The van der Waals surface area contributed by atoms with Crippen molar-refractivity contribution >= 4 is 0 Å². The third-order valence-electron chi connectivity index (χ3n) is 2.69. The number of aromatic nitrogens is 3. The van der Waals surface area contributed by atoms with Gasteiger partial charge in [0, 0.05) is 13.3 Å². The molecule has 1 atom stereocenters. The molecule has 114 valence electrons. The molecular formula is C12H13F3N4O2. The van der Waals surface area contributed by atoms with E-state index in [1.54, 1.807) is 6.92 Å². The van der Waals surface area contributed by atoms with Gasteiger partial charge in [-0.1, -0.05) is 5.16 Å². The van der Waals surface area contributed by atoms with E-state index < -0.39 is 17.3 Å². The van der Waals surface area contributed by atoms with Gasteiger partial charge in [0.25, 0.3) is 5.89 Å². The Labute approximate surface area is 118 Å². The highest BCUT2D eigenvalue weighted by Crippen LogP contribution is 2.29. The minimum Gasteiger partial charge on any atom is -0.382 e. The summed E-state index contributed by atoms with van der Waals surface area (Å²) in [5.74, 6) is 0.174. The van der Waals surface area contributed by atoms with Gasteiger partial charge in [-0.2, -0.15) is 18.2 Å². The molecule has 0 aliphatic rings. The van der Waals surface area contributed by atoms with Gasteiger partial charge in [0.1, 0.15) is 11.2 Å². The van der Waals surface area contributed by atoms with Crippen LogP contribution < -0.4 is 5.73 Å². The molecule has 0 radical (unpaired) electrons. The molecule has 2 N–H and O–H groups in total. The van der Waals surface area contributed by atoms with E-state index in [1.807, 2.05) is 0 Å². The third kappa shape index (κ3) is 3.37. The van der Waals surface area contributed by atoms with Crippen LogP contribution in [-0.4, -0.2) is 28.8 Å². The molecule has 1 unspecified atom stereocenters. The van der Waals surface area contributed by atoms with E-state index in [2.05, 4.69) is 15.1 Å². The van der Waals surface area contributed by atoms with Crippen molar-refractivity contribution in [1.82, 2.24) is 15.1 Å². The summed E-state index contributed by atoms with van der Waals surface area (Å²) in [5, 5.41) is 3.70. The van der Waals surface area contributed by atoms with E-state index in [0.717, 1.165) is 12.1 Å². The number of hydrogen-bond acceptors (Lipinski definition) is 6. The van der Waals surface area contributed by atoms with Crippen molar-refractivity contribution in [2.45, 2.75) is 18.6 Å². The molecule has 2 rings (SSSR count). The largest absolute Gasteiger partial charge is 0.417 e. The molecule has 0 saturated carbocycles. The average Bonchev–Trinajstić information content (AvgIpc) is 2.88. The minimum absolute atomic E-state index is 0.00787. The number of pyridine rings is 1. The molecule has 0 fully saturated rings. The summed E-state index contributed by atoms with van der Waals surface area (Å²) >= 11 is 0. The van der Waals surface area contributed by atoms with Gasteiger partial charge >= 0.3 is 6.18 Å². The lowest BCUT2D eigenvalue weighted by Crippen LogP contribution is -2.38. The predicted molar refractivity (Wildman–Crippen MR) is 65.9 cm³/mol. The second-order valence-electron chi connectivity index (χ2n) is 4.70. The standard InChI is InChI=1S/C12H13F3N4O2/c1-11(16,6-20-2)10-18-9(21-19-10)8-4-3-7(5-17-8)12(13,14)15/h3-5H,6,16H2,1-2H3. The van der Waals surface area contributed by atoms with Gasteiger partial charge < -0.3 is 15.0 Å². The van der Waals surface area contributed by atoms with Crippen molar-refractivity contribution in [3.63, 3.8) is 0 Å². The second kappa shape index (κ2) is 5.41. The Morgan fingerprint density at radius 3 is 2.57 bits per heavy atom. The minimum atomic E-state index is -4.44. The fourth-order valence-electron chi connectivity index (χ4n) is 1.61. The Balaban J connectivity index is 2.26. The van der Waals surface area contributed by atoms with Crippen molar-refractivity contribution in [1.29, 1.82) is 0 Å². The molecular weight excluding hydrogens is 289 g/mol. The number of nitrogens with zero attached hydrogens (tertiary/aromatic N) is 3. The number of rotatable bonds is 4. The van der Waals surface area contributed by atoms with Crippen molar-refractivity contribution in [2.24, 2.45) is 5.73 Å². The Kier molecular flexibility index (Phi) is 3.97. The van der Waals surface area contributed by atoms with Gasteiger partial charge in [-0.15, -0.1) is 0 Å². The summed E-state index contributed by atoms with van der Waals surface area (Å²) in [7, 11) is 1.48. The van der Waals surface area contributed by atoms with Gasteiger partial charge in [0.05, 0.1) is 12.2 Å². The van der Waals surface area contributed by atoms with E-state index in [4.69, 9.17) is 15.0 Å². The second-order valence-corrected chi connectivity index (χ2v) is 4.70. The molecule has 2 heterocycles. The van der Waals surface area contributed by atoms with Crippen LogP contribution >= 0.6 is 0 Å². The first-order valence-corrected chi connectivity index (χ1v) is 5.89. The predicted octanol–water partition coefficient (Wildman–Crippen LogP) is 1.97. The maximum Gasteiger partial charge on any atom is 0.417 e. The summed E-state index contributed by atoms with van der Waals surface area (Å²) in [4.78, 5) is 7.70. The average molecular weight is 302 g/mol. The number of hydrogen-bond donors (Lipinski definition) is 1. The van der Waals surface area contributed by atoms with Crippen LogP contribution in [0, 0.1) is 0 Å². The Morgan fingerprint density at radius 1 is 1.33 bits per heavy atom. The van der Waals surface area contributed by atoms with Crippen LogP contribution in [0.5, 0.6) is 0 Å². The van der Waals surface area contributed by atoms with Gasteiger partial charge in [0.2, 0.25) is 0 Å². The summed E-state index contributed by atoms with van der Waals surface area (Å²) in [6, 6.07) is 2.05. The van der Waals surface area contributed by atoms with Crippen LogP contribution in [0.25, 0.3) is 11.6 Å². The lowest BCUT2D eigenvalue weighted by atomic mass is 10.1. The smallest absolute Gasteiger partial charge is 0.382 e. The van der Waals surface area contributed by atoms with Gasteiger partial charge in [-0.3, -0.25) is 4.98 Å². The van der Waals surface area contributed by atoms with Crippen LogP contribution in [0.2, 0.25) is 0 Å². The molecule has 0 aromatic carbocycles. The van der Waals surface area contributed by atoms with E-state index in [0.29, 0.717) is 6.20 Å². The molecule has 0 aliphatic heterocycles. The maximum atomic E-state index is 12.4. The van der Waals surface area contributed by atoms with E-state index in [9.17, 15) is 13.2 Å². The highest BCUT2D eigenvalue weighted by Gasteiger charge is 2.31. The van der Waals surface area contributed by atoms with Gasteiger partial charge in [-0.25, -0.2) is 0 Å². The summed E-state index contributed by atoms with van der Waals surface area (Å²) < 4.78 is 47.2. The first kappa shape index (κ1) is 15.4. The van der Waals surface area contributed by atoms with Crippen LogP contribution in [-0.2, 0) is 16.5 Å². The molecule has 0 aliphatic carbocycles. The number of methoxy groups -OCH3 is 1. The van der Waals surface area contributed by atoms with Gasteiger partial charge in [0.15, 0.2) is 5.82 Å². The zero-order chi connectivity index (χ0) is 15.7. The van der Waals surface area contributed by atoms with Gasteiger partial charge in [-0.05, 0) is 19.1 Å². The van der Waals surface area contributed by atoms with Crippen LogP contribution in [0.4, 0.5) is 13.2 Å².